The van der Waals surface area contributed by atoms with Gasteiger partial charge in [-0.3, -0.25) is 15.5 Å². The van der Waals surface area contributed by atoms with Crippen LogP contribution in [0.15, 0.2) is 70.7 Å². The molecule has 0 aliphatic carbocycles. The molecule has 0 aliphatic heterocycles. The number of sulfonamides is 1. The van der Waals surface area contributed by atoms with Crippen molar-refractivity contribution in [1.82, 2.24) is 4.31 Å². The maximum Gasteiger partial charge on any atom is 0.295 e. The number of hydrogen-bond donors (Lipinski definition) is 1. The molecule has 31 heavy (non-hydrogen) atoms. The number of anilines is 1. The third kappa shape index (κ3) is 4.57. The zero-order chi connectivity index (χ0) is 22.6. The third-order valence-electron chi connectivity index (χ3n) is 5.03. The molecule has 9 heteroatoms. The number of nitro benzene ring substituents is 1. The molecular formula is C22H24N4O4S. The molecule has 3 aromatic carbocycles. The molecule has 8 nitrogen and oxygen atoms in total. The van der Waals surface area contributed by atoms with Gasteiger partial charge < -0.3 is 0 Å². The zero-order valence-corrected chi connectivity index (χ0v) is 18.4. The average molecular weight is 441 g/mol. The highest BCUT2D eigenvalue weighted by Crippen LogP contribution is 2.29. The number of hydrazone groups is 1. The minimum Gasteiger partial charge on any atom is -0.271 e. The molecule has 3 aromatic rings. The number of benzene rings is 3. The molecular weight excluding hydrogens is 416 g/mol. The Balaban J connectivity index is 1.97. The van der Waals surface area contributed by atoms with Crippen LogP contribution in [-0.2, 0) is 10.0 Å². The summed E-state index contributed by atoms with van der Waals surface area (Å²) in [5.41, 5.74) is 4.03. The summed E-state index contributed by atoms with van der Waals surface area (Å²) in [6.45, 7) is 5.80. The van der Waals surface area contributed by atoms with Gasteiger partial charge in [-0.05, 0) is 29.8 Å². The van der Waals surface area contributed by atoms with Crippen molar-refractivity contribution in [2.24, 2.45) is 5.10 Å². The Bertz CT molecular complexity index is 1250. The summed E-state index contributed by atoms with van der Waals surface area (Å²) < 4.78 is 26.7. The van der Waals surface area contributed by atoms with Crippen molar-refractivity contribution in [3.63, 3.8) is 0 Å². The lowest BCUT2D eigenvalue weighted by Crippen LogP contribution is -2.30. The maximum atomic E-state index is 12.7. The van der Waals surface area contributed by atoms with E-state index in [1.54, 1.807) is 20.8 Å². The van der Waals surface area contributed by atoms with E-state index in [4.69, 9.17) is 0 Å². The Morgan fingerprint density at radius 1 is 1.06 bits per heavy atom. The van der Waals surface area contributed by atoms with E-state index >= 15 is 0 Å². The second-order valence-corrected chi connectivity index (χ2v) is 8.80. The largest absolute Gasteiger partial charge is 0.295 e. The van der Waals surface area contributed by atoms with E-state index < -0.39 is 14.9 Å². The summed E-state index contributed by atoms with van der Waals surface area (Å²) in [5, 5.41) is 18.0. The standard InChI is InChI=1S/C22H24N4O4S/c1-4-25(5-2)31(29,30)18-13-14-21(22(15-18)26(27)28)24-23-16(3)19-12-8-10-17-9-6-7-11-20(17)19/h6-15,24H,4-5H2,1-3H3/b23-16+. The van der Waals surface area contributed by atoms with Crippen LogP contribution < -0.4 is 5.43 Å². The highest BCUT2D eigenvalue weighted by molar-refractivity contribution is 7.89. The number of nitro groups is 1. The summed E-state index contributed by atoms with van der Waals surface area (Å²) in [4.78, 5) is 10.9. The average Bonchev–Trinajstić information content (AvgIpc) is 2.77. The fraction of sp³-hybridized carbons (Fsp3) is 0.227. The molecule has 0 unspecified atom stereocenters. The van der Waals surface area contributed by atoms with Crippen molar-refractivity contribution in [3.8, 4) is 0 Å². The third-order valence-corrected chi connectivity index (χ3v) is 7.08. The fourth-order valence-electron chi connectivity index (χ4n) is 3.38. The molecule has 0 heterocycles. The smallest absolute Gasteiger partial charge is 0.271 e. The van der Waals surface area contributed by atoms with Crippen molar-refractivity contribution >= 4 is 37.9 Å². The van der Waals surface area contributed by atoms with Crippen molar-refractivity contribution in [1.29, 1.82) is 0 Å². The lowest BCUT2D eigenvalue weighted by Gasteiger charge is -2.18. The van der Waals surface area contributed by atoms with E-state index in [-0.39, 0.29) is 29.4 Å². The van der Waals surface area contributed by atoms with Crippen molar-refractivity contribution in [3.05, 3.63) is 76.3 Å². The molecule has 0 atom stereocenters. The summed E-state index contributed by atoms with van der Waals surface area (Å²) in [7, 11) is -3.81. The van der Waals surface area contributed by atoms with Gasteiger partial charge in [-0.15, -0.1) is 0 Å². The minimum atomic E-state index is -3.81. The van der Waals surface area contributed by atoms with Crippen molar-refractivity contribution in [2.45, 2.75) is 25.7 Å². The Labute approximate surface area is 181 Å². The van der Waals surface area contributed by atoms with E-state index in [1.165, 1.54) is 16.4 Å². The summed E-state index contributed by atoms with van der Waals surface area (Å²) in [6, 6.07) is 17.5. The molecule has 0 spiro atoms. The number of hydrogen-bond acceptors (Lipinski definition) is 6. The number of nitrogens with zero attached hydrogens (tertiary/aromatic N) is 3. The number of nitrogens with one attached hydrogen (secondary N) is 1. The first-order valence-electron chi connectivity index (χ1n) is 9.86. The first-order chi connectivity index (χ1) is 14.8. The summed E-state index contributed by atoms with van der Waals surface area (Å²) in [6.07, 6.45) is 0. The number of fused-ring (bicyclic) bond motifs is 1. The van der Waals surface area contributed by atoms with Crippen LogP contribution in [0.2, 0.25) is 0 Å². The van der Waals surface area contributed by atoms with Crippen LogP contribution in [0.5, 0.6) is 0 Å². The van der Waals surface area contributed by atoms with Gasteiger partial charge in [0, 0.05) is 24.7 Å². The van der Waals surface area contributed by atoms with Gasteiger partial charge in [0.15, 0.2) is 0 Å². The van der Waals surface area contributed by atoms with Gasteiger partial charge in [-0.1, -0.05) is 56.3 Å². The van der Waals surface area contributed by atoms with Crippen LogP contribution in [0.4, 0.5) is 11.4 Å². The second-order valence-electron chi connectivity index (χ2n) is 6.86. The molecule has 0 aromatic heterocycles. The normalized spacial score (nSPS) is 12.3. The molecule has 0 radical (unpaired) electrons. The summed E-state index contributed by atoms with van der Waals surface area (Å²) in [5.74, 6) is 0. The van der Waals surface area contributed by atoms with E-state index in [0.29, 0.717) is 5.71 Å². The zero-order valence-electron chi connectivity index (χ0n) is 17.6. The van der Waals surface area contributed by atoms with Gasteiger partial charge in [0.05, 0.1) is 15.5 Å². The lowest BCUT2D eigenvalue weighted by molar-refractivity contribution is -0.384. The topological polar surface area (TPSA) is 105 Å². The quantitative estimate of drug-likeness (QED) is 0.313. The first-order valence-corrected chi connectivity index (χ1v) is 11.3. The van der Waals surface area contributed by atoms with Crippen LogP contribution in [0.25, 0.3) is 10.8 Å². The van der Waals surface area contributed by atoms with E-state index in [9.17, 15) is 18.5 Å². The Morgan fingerprint density at radius 3 is 2.42 bits per heavy atom. The molecule has 0 amide bonds. The predicted octanol–water partition coefficient (Wildman–Crippen LogP) is 4.61. The molecule has 0 saturated heterocycles. The van der Waals surface area contributed by atoms with Gasteiger partial charge >= 0.3 is 0 Å². The van der Waals surface area contributed by atoms with Gasteiger partial charge in [0.2, 0.25) is 10.0 Å². The predicted molar refractivity (Wildman–Crippen MR) is 123 cm³/mol. The van der Waals surface area contributed by atoms with Crippen LogP contribution in [0, 0.1) is 10.1 Å². The van der Waals surface area contributed by atoms with Crippen LogP contribution in [-0.4, -0.2) is 36.4 Å². The first kappa shape index (κ1) is 22.4. The molecule has 1 N–H and O–H groups in total. The SMILES string of the molecule is CCN(CC)S(=O)(=O)c1ccc(N/N=C(\C)c2cccc3ccccc23)c([N+](=O)[O-])c1. The second kappa shape index (κ2) is 9.23. The Hall–Kier alpha value is -3.30. The van der Waals surface area contributed by atoms with E-state index in [2.05, 4.69) is 10.5 Å². The molecule has 0 saturated carbocycles. The lowest BCUT2D eigenvalue weighted by atomic mass is 10.0. The molecule has 0 bridgehead atoms. The van der Waals surface area contributed by atoms with Crippen LogP contribution >= 0.6 is 0 Å². The van der Waals surface area contributed by atoms with E-state index in [1.807, 2.05) is 42.5 Å². The van der Waals surface area contributed by atoms with E-state index in [0.717, 1.165) is 22.4 Å². The van der Waals surface area contributed by atoms with Gasteiger partial charge in [0.25, 0.3) is 5.69 Å². The van der Waals surface area contributed by atoms with Crippen molar-refractivity contribution in [2.75, 3.05) is 18.5 Å². The maximum absolute atomic E-state index is 12.7. The highest BCUT2D eigenvalue weighted by Gasteiger charge is 2.25. The van der Waals surface area contributed by atoms with Gasteiger partial charge in [-0.2, -0.15) is 9.41 Å². The Kier molecular flexibility index (Phi) is 6.67. The molecule has 0 fully saturated rings. The highest BCUT2D eigenvalue weighted by atomic mass is 32.2. The van der Waals surface area contributed by atoms with Gasteiger partial charge in [0.1, 0.15) is 5.69 Å². The monoisotopic (exact) mass is 440 g/mol. The molecule has 3 rings (SSSR count). The van der Waals surface area contributed by atoms with Crippen LogP contribution in [0.3, 0.4) is 0 Å². The van der Waals surface area contributed by atoms with Gasteiger partial charge in [-0.25, -0.2) is 8.42 Å². The van der Waals surface area contributed by atoms with Crippen LogP contribution in [0.1, 0.15) is 26.3 Å². The molecule has 162 valence electrons. The molecule has 0 aliphatic rings. The minimum absolute atomic E-state index is 0.114. The van der Waals surface area contributed by atoms with Crippen molar-refractivity contribution < 1.29 is 13.3 Å². The number of rotatable bonds is 8. The Morgan fingerprint density at radius 2 is 1.74 bits per heavy atom. The fourth-order valence-corrected chi connectivity index (χ4v) is 4.85. The summed E-state index contributed by atoms with van der Waals surface area (Å²) >= 11 is 0.